The van der Waals surface area contributed by atoms with Crippen LogP contribution in [0.2, 0.25) is 0 Å². The molecule has 14 heavy (non-hydrogen) atoms. The summed E-state index contributed by atoms with van der Waals surface area (Å²) in [6.45, 7) is 2.70. The van der Waals surface area contributed by atoms with E-state index in [9.17, 15) is 17.6 Å². The van der Waals surface area contributed by atoms with Gasteiger partial charge in [-0.2, -0.15) is 0 Å². The SMILES string of the molecule is CCC1=C(F)C(F)=CC(C)C(F)=C1F. The van der Waals surface area contributed by atoms with Gasteiger partial charge in [0.15, 0.2) is 17.5 Å². The first-order chi connectivity index (χ1) is 6.49. The summed E-state index contributed by atoms with van der Waals surface area (Å²) in [6, 6.07) is 0. The molecule has 0 aromatic rings. The van der Waals surface area contributed by atoms with E-state index in [0.717, 1.165) is 6.08 Å². The van der Waals surface area contributed by atoms with Crippen molar-refractivity contribution in [3.8, 4) is 0 Å². The number of rotatable bonds is 1. The van der Waals surface area contributed by atoms with Crippen molar-refractivity contribution in [3.63, 3.8) is 0 Å². The van der Waals surface area contributed by atoms with Crippen molar-refractivity contribution in [1.82, 2.24) is 0 Å². The van der Waals surface area contributed by atoms with Crippen molar-refractivity contribution in [3.05, 3.63) is 35.0 Å². The third-order valence-corrected chi connectivity index (χ3v) is 2.10. The number of hydrogen-bond acceptors (Lipinski definition) is 0. The first-order valence-electron chi connectivity index (χ1n) is 4.30. The van der Waals surface area contributed by atoms with Gasteiger partial charge in [-0.15, -0.1) is 0 Å². The van der Waals surface area contributed by atoms with Crippen molar-refractivity contribution in [2.45, 2.75) is 20.3 Å². The van der Waals surface area contributed by atoms with Gasteiger partial charge in [-0.3, -0.25) is 0 Å². The zero-order valence-corrected chi connectivity index (χ0v) is 7.87. The smallest absolute Gasteiger partial charge is 0.164 e. The van der Waals surface area contributed by atoms with Gasteiger partial charge in [0.1, 0.15) is 5.83 Å². The van der Waals surface area contributed by atoms with E-state index >= 15 is 0 Å². The van der Waals surface area contributed by atoms with E-state index in [1.165, 1.54) is 13.8 Å². The first-order valence-corrected chi connectivity index (χ1v) is 4.30. The monoisotopic (exact) mass is 206 g/mol. The summed E-state index contributed by atoms with van der Waals surface area (Å²) in [5.41, 5.74) is -0.541. The summed E-state index contributed by atoms with van der Waals surface area (Å²) in [5, 5.41) is 0. The molecule has 0 bridgehead atoms. The Balaban J connectivity index is 3.34. The minimum Gasteiger partial charge on any atom is -0.208 e. The average Bonchev–Trinajstić information content (AvgIpc) is 2.21. The molecule has 0 saturated heterocycles. The highest BCUT2D eigenvalue weighted by atomic mass is 19.2. The fourth-order valence-electron chi connectivity index (χ4n) is 1.26. The lowest BCUT2D eigenvalue weighted by Gasteiger charge is -2.03. The van der Waals surface area contributed by atoms with Crippen LogP contribution < -0.4 is 0 Å². The molecule has 4 heteroatoms. The van der Waals surface area contributed by atoms with Crippen LogP contribution in [0.1, 0.15) is 20.3 Å². The van der Waals surface area contributed by atoms with Crippen LogP contribution in [0.25, 0.3) is 0 Å². The zero-order chi connectivity index (χ0) is 10.9. The molecule has 1 rings (SSSR count). The molecule has 1 unspecified atom stereocenters. The molecule has 0 aliphatic heterocycles. The zero-order valence-electron chi connectivity index (χ0n) is 7.87. The van der Waals surface area contributed by atoms with Crippen molar-refractivity contribution in [1.29, 1.82) is 0 Å². The fourth-order valence-corrected chi connectivity index (χ4v) is 1.26. The molecule has 0 radical (unpaired) electrons. The lowest BCUT2D eigenvalue weighted by atomic mass is 10.1. The largest absolute Gasteiger partial charge is 0.208 e. The van der Waals surface area contributed by atoms with Gasteiger partial charge in [0.2, 0.25) is 0 Å². The van der Waals surface area contributed by atoms with Crippen LogP contribution in [0.3, 0.4) is 0 Å². The molecule has 0 saturated carbocycles. The Labute approximate surface area is 79.6 Å². The van der Waals surface area contributed by atoms with Gasteiger partial charge in [0.25, 0.3) is 0 Å². The summed E-state index contributed by atoms with van der Waals surface area (Å²) in [4.78, 5) is 0. The third kappa shape index (κ3) is 1.74. The summed E-state index contributed by atoms with van der Waals surface area (Å²) < 4.78 is 52.3. The Morgan fingerprint density at radius 3 is 2.21 bits per heavy atom. The number of halogens is 4. The molecule has 0 nitrogen and oxygen atoms in total. The predicted octanol–water partition coefficient (Wildman–Crippen LogP) is 4.27. The van der Waals surface area contributed by atoms with Crippen LogP contribution >= 0.6 is 0 Å². The van der Waals surface area contributed by atoms with E-state index < -0.39 is 34.8 Å². The van der Waals surface area contributed by atoms with Gasteiger partial charge < -0.3 is 0 Å². The van der Waals surface area contributed by atoms with Crippen molar-refractivity contribution >= 4 is 0 Å². The molecule has 0 amide bonds. The quantitative estimate of drug-likeness (QED) is 0.562. The Kier molecular flexibility index (Phi) is 3.13. The maximum absolute atomic E-state index is 13.2. The maximum atomic E-state index is 13.2. The molecule has 1 atom stereocenters. The third-order valence-electron chi connectivity index (χ3n) is 2.10. The number of allylic oxidation sites excluding steroid dienone is 6. The molecular formula is C10H10F4. The first kappa shape index (κ1) is 11.0. The number of hydrogen-bond donors (Lipinski definition) is 0. The Hall–Kier alpha value is -1.06. The highest BCUT2D eigenvalue weighted by molar-refractivity contribution is 5.41. The fraction of sp³-hybridized carbons (Fsp3) is 0.400. The molecule has 0 aromatic heterocycles. The van der Waals surface area contributed by atoms with E-state index in [2.05, 4.69) is 0 Å². The molecule has 0 N–H and O–H groups in total. The average molecular weight is 206 g/mol. The van der Waals surface area contributed by atoms with E-state index in [1.54, 1.807) is 0 Å². The molecule has 0 spiro atoms. The molecular weight excluding hydrogens is 196 g/mol. The van der Waals surface area contributed by atoms with Crippen molar-refractivity contribution in [2.24, 2.45) is 5.92 Å². The second-order valence-corrected chi connectivity index (χ2v) is 3.11. The Bertz CT molecular complexity index is 336. The van der Waals surface area contributed by atoms with Gasteiger partial charge in [-0.1, -0.05) is 13.8 Å². The molecule has 1 aliphatic carbocycles. The maximum Gasteiger partial charge on any atom is 0.164 e. The van der Waals surface area contributed by atoms with E-state index in [1.807, 2.05) is 0 Å². The standard InChI is InChI=1S/C10H10F4/c1-3-6-9(13)7(11)4-5(2)8(12)10(6)14/h4-5H,3H2,1-2H3. The predicted molar refractivity (Wildman–Crippen MR) is 46.0 cm³/mol. The summed E-state index contributed by atoms with van der Waals surface area (Å²) >= 11 is 0. The molecule has 0 heterocycles. The van der Waals surface area contributed by atoms with E-state index in [-0.39, 0.29) is 6.42 Å². The summed E-state index contributed by atoms with van der Waals surface area (Å²) in [5.74, 6) is -5.96. The van der Waals surface area contributed by atoms with Crippen LogP contribution in [0.15, 0.2) is 35.0 Å². The second-order valence-electron chi connectivity index (χ2n) is 3.11. The molecule has 78 valence electrons. The van der Waals surface area contributed by atoms with Gasteiger partial charge in [0, 0.05) is 11.5 Å². The Morgan fingerprint density at radius 1 is 1.14 bits per heavy atom. The highest BCUT2D eigenvalue weighted by Gasteiger charge is 2.25. The van der Waals surface area contributed by atoms with E-state index in [4.69, 9.17) is 0 Å². The van der Waals surface area contributed by atoms with Crippen molar-refractivity contribution < 1.29 is 17.6 Å². The summed E-state index contributed by atoms with van der Waals surface area (Å²) in [6.07, 6.45) is 0.645. The minimum atomic E-state index is -1.30. The second kappa shape index (κ2) is 3.98. The van der Waals surface area contributed by atoms with Gasteiger partial charge in [-0.05, 0) is 12.5 Å². The lowest BCUT2D eigenvalue weighted by molar-refractivity contribution is 0.484. The van der Waals surface area contributed by atoms with Crippen LogP contribution in [0, 0.1) is 5.92 Å². The van der Waals surface area contributed by atoms with Crippen LogP contribution in [0.5, 0.6) is 0 Å². The summed E-state index contributed by atoms with van der Waals surface area (Å²) in [7, 11) is 0. The van der Waals surface area contributed by atoms with Crippen LogP contribution in [-0.2, 0) is 0 Å². The normalized spacial score (nSPS) is 23.9. The van der Waals surface area contributed by atoms with Gasteiger partial charge in [0.05, 0.1) is 0 Å². The molecule has 1 aliphatic rings. The van der Waals surface area contributed by atoms with Gasteiger partial charge >= 0.3 is 0 Å². The highest BCUT2D eigenvalue weighted by Crippen LogP contribution is 2.35. The van der Waals surface area contributed by atoms with Gasteiger partial charge in [-0.25, -0.2) is 17.6 Å². The molecule has 0 aromatic carbocycles. The van der Waals surface area contributed by atoms with Crippen LogP contribution in [0.4, 0.5) is 17.6 Å². The lowest BCUT2D eigenvalue weighted by Crippen LogP contribution is -1.93. The van der Waals surface area contributed by atoms with E-state index in [0.29, 0.717) is 0 Å². The van der Waals surface area contributed by atoms with Crippen LogP contribution in [-0.4, -0.2) is 0 Å². The molecule has 0 fully saturated rings. The Morgan fingerprint density at radius 2 is 1.71 bits per heavy atom. The van der Waals surface area contributed by atoms with Crippen molar-refractivity contribution in [2.75, 3.05) is 0 Å². The minimum absolute atomic E-state index is 0.0843. The topological polar surface area (TPSA) is 0 Å².